The predicted molar refractivity (Wildman–Crippen MR) is 103 cm³/mol. The predicted octanol–water partition coefficient (Wildman–Crippen LogP) is 2.76. The highest BCUT2D eigenvalue weighted by Gasteiger charge is 2.68. The van der Waals surface area contributed by atoms with Crippen LogP contribution in [-0.2, 0) is 19.1 Å². The zero-order valence-corrected chi connectivity index (χ0v) is 17.7. The van der Waals surface area contributed by atoms with Crippen molar-refractivity contribution in [3.63, 3.8) is 0 Å². The van der Waals surface area contributed by atoms with Crippen LogP contribution in [0.15, 0.2) is 11.6 Å². The molecule has 0 radical (unpaired) electrons. The SMILES string of the molecule is CC(=O)OC1CC(C)C(O)(CCC2=CC(=O)OC2)C2(C)C(O)CCC(C)(C)C12. The van der Waals surface area contributed by atoms with Crippen molar-refractivity contribution >= 4 is 11.9 Å². The van der Waals surface area contributed by atoms with E-state index >= 15 is 0 Å². The molecule has 1 aliphatic heterocycles. The van der Waals surface area contributed by atoms with Gasteiger partial charge in [0.15, 0.2) is 0 Å². The van der Waals surface area contributed by atoms with Crippen molar-refractivity contribution in [2.75, 3.05) is 6.61 Å². The Labute approximate surface area is 167 Å². The van der Waals surface area contributed by atoms with Crippen LogP contribution in [0.4, 0.5) is 0 Å². The Kier molecular flexibility index (Phi) is 5.43. The lowest BCUT2D eigenvalue weighted by atomic mass is 9.42. The molecule has 0 amide bonds. The lowest BCUT2D eigenvalue weighted by Crippen LogP contribution is -2.71. The minimum absolute atomic E-state index is 0.163. The molecule has 6 heteroatoms. The first-order valence-corrected chi connectivity index (χ1v) is 10.4. The number of cyclic esters (lactones) is 1. The van der Waals surface area contributed by atoms with Gasteiger partial charge in [-0.25, -0.2) is 4.79 Å². The van der Waals surface area contributed by atoms with Gasteiger partial charge in [0.1, 0.15) is 12.7 Å². The summed E-state index contributed by atoms with van der Waals surface area (Å²) in [5.74, 6) is -0.992. The summed E-state index contributed by atoms with van der Waals surface area (Å²) >= 11 is 0. The molecule has 2 N–H and O–H groups in total. The zero-order chi connectivity index (χ0) is 20.9. The molecule has 2 aliphatic carbocycles. The van der Waals surface area contributed by atoms with Crippen LogP contribution in [0.3, 0.4) is 0 Å². The second kappa shape index (κ2) is 7.13. The normalized spacial score (nSPS) is 42.4. The fourth-order valence-corrected chi connectivity index (χ4v) is 6.40. The Balaban J connectivity index is 1.98. The molecular weight excluding hydrogens is 360 g/mol. The maximum atomic E-state index is 12.0. The maximum absolute atomic E-state index is 12.0. The first kappa shape index (κ1) is 21.3. The summed E-state index contributed by atoms with van der Waals surface area (Å²) in [6.45, 7) is 9.89. The monoisotopic (exact) mass is 394 g/mol. The van der Waals surface area contributed by atoms with E-state index in [2.05, 4.69) is 13.8 Å². The van der Waals surface area contributed by atoms with Gasteiger partial charge in [0.25, 0.3) is 0 Å². The molecule has 0 aromatic rings. The van der Waals surface area contributed by atoms with E-state index in [0.717, 1.165) is 12.0 Å². The van der Waals surface area contributed by atoms with Gasteiger partial charge in [0.2, 0.25) is 0 Å². The van der Waals surface area contributed by atoms with E-state index in [4.69, 9.17) is 9.47 Å². The fraction of sp³-hybridized carbons (Fsp3) is 0.818. The molecule has 6 nitrogen and oxygen atoms in total. The van der Waals surface area contributed by atoms with Gasteiger partial charge in [-0.2, -0.15) is 0 Å². The second-order valence-corrected chi connectivity index (χ2v) is 9.92. The van der Waals surface area contributed by atoms with Gasteiger partial charge in [0.05, 0.1) is 11.7 Å². The van der Waals surface area contributed by atoms with Gasteiger partial charge >= 0.3 is 11.9 Å². The van der Waals surface area contributed by atoms with Crippen LogP contribution in [0.25, 0.3) is 0 Å². The van der Waals surface area contributed by atoms with Crippen molar-refractivity contribution in [1.29, 1.82) is 0 Å². The van der Waals surface area contributed by atoms with Crippen LogP contribution in [0.1, 0.15) is 66.7 Å². The lowest BCUT2D eigenvalue weighted by molar-refractivity contribution is -0.281. The number of fused-ring (bicyclic) bond motifs is 1. The van der Waals surface area contributed by atoms with Crippen LogP contribution < -0.4 is 0 Å². The molecule has 28 heavy (non-hydrogen) atoms. The van der Waals surface area contributed by atoms with Gasteiger partial charge in [-0.05, 0) is 49.0 Å². The van der Waals surface area contributed by atoms with E-state index in [1.807, 2.05) is 13.8 Å². The van der Waals surface area contributed by atoms with Crippen molar-refractivity contribution in [3.05, 3.63) is 11.6 Å². The van der Waals surface area contributed by atoms with Crippen LogP contribution >= 0.6 is 0 Å². The Morgan fingerprint density at radius 1 is 1.36 bits per heavy atom. The van der Waals surface area contributed by atoms with Crippen molar-refractivity contribution in [2.24, 2.45) is 22.7 Å². The first-order valence-electron chi connectivity index (χ1n) is 10.4. The third-order valence-corrected chi connectivity index (χ3v) is 7.81. The van der Waals surface area contributed by atoms with Gasteiger partial charge in [-0.3, -0.25) is 4.79 Å². The maximum Gasteiger partial charge on any atom is 0.331 e. The van der Waals surface area contributed by atoms with E-state index in [-0.39, 0.29) is 41.9 Å². The van der Waals surface area contributed by atoms with E-state index in [0.29, 0.717) is 25.7 Å². The fourth-order valence-electron chi connectivity index (χ4n) is 6.40. The molecule has 158 valence electrons. The number of carbonyl (C=O) groups excluding carboxylic acids is 2. The Morgan fingerprint density at radius 3 is 2.61 bits per heavy atom. The van der Waals surface area contributed by atoms with E-state index in [1.54, 1.807) is 0 Å². The number of esters is 2. The van der Waals surface area contributed by atoms with E-state index in [9.17, 15) is 19.8 Å². The van der Waals surface area contributed by atoms with E-state index < -0.39 is 17.1 Å². The summed E-state index contributed by atoms with van der Waals surface area (Å²) in [5.41, 5.74) is -1.28. The molecule has 0 aromatic carbocycles. The van der Waals surface area contributed by atoms with Crippen LogP contribution in [-0.4, -0.2) is 46.6 Å². The molecule has 3 rings (SSSR count). The number of carbonyl (C=O) groups is 2. The summed E-state index contributed by atoms with van der Waals surface area (Å²) in [6, 6.07) is 0. The first-order chi connectivity index (χ1) is 12.9. The van der Waals surface area contributed by atoms with Crippen LogP contribution in [0, 0.1) is 22.7 Å². The molecule has 0 bridgehead atoms. The summed E-state index contributed by atoms with van der Waals surface area (Å²) < 4.78 is 10.7. The minimum Gasteiger partial charge on any atom is -0.462 e. The van der Waals surface area contributed by atoms with Crippen molar-refractivity contribution in [3.8, 4) is 0 Å². The molecule has 0 saturated heterocycles. The highest BCUT2D eigenvalue weighted by atomic mass is 16.5. The lowest BCUT2D eigenvalue weighted by Gasteiger charge is -2.66. The molecule has 3 aliphatic rings. The summed E-state index contributed by atoms with van der Waals surface area (Å²) in [4.78, 5) is 23.2. The standard InChI is InChI=1S/C22H34O6/c1-13-10-16(28-14(2)23)19-20(3,4)8-7-17(24)21(19,5)22(13,26)9-6-15-11-18(25)27-12-15/h11,13,16-17,19,24,26H,6-10,12H2,1-5H3. The number of ether oxygens (including phenoxy) is 2. The second-order valence-electron chi connectivity index (χ2n) is 9.92. The van der Waals surface area contributed by atoms with Crippen molar-refractivity contribution < 1.29 is 29.3 Å². The van der Waals surface area contributed by atoms with Crippen molar-refractivity contribution in [2.45, 2.75) is 84.5 Å². The molecule has 6 atom stereocenters. The van der Waals surface area contributed by atoms with E-state index in [1.165, 1.54) is 13.0 Å². The Bertz CT molecular complexity index is 683. The highest BCUT2D eigenvalue weighted by Crippen LogP contribution is 2.64. The van der Waals surface area contributed by atoms with Crippen LogP contribution in [0.5, 0.6) is 0 Å². The number of aliphatic hydroxyl groups excluding tert-OH is 1. The number of hydrogen-bond donors (Lipinski definition) is 2. The molecule has 6 unspecified atom stereocenters. The molecule has 2 fully saturated rings. The topological polar surface area (TPSA) is 93.1 Å². The molecule has 1 heterocycles. The Hall–Kier alpha value is -1.40. The smallest absolute Gasteiger partial charge is 0.331 e. The largest absolute Gasteiger partial charge is 0.462 e. The van der Waals surface area contributed by atoms with Gasteiger partial charge in [-0.15, -0.1) is 0 Å². The number of rotatable bonds is 4. The minimum atomic E-state index is -1.14. The van der Waals surface area contributed by atoms with Gasteiger partial charge < -0.3 is 19.7 Å². The molecule has 0 spiro atoms. The number of hydrogen-bond acceptors (Lipinski definition) is 6. The quantitative estimate of drug-likeness (QED) is 0.712. The summed E-state index contributed by atoms with van der Waals surface area (Å²) in [7, 11) is 0. The third kappa shape index (κ3) is 3.28. The molecule has 0 aromatic heterocycles. The van der Waals surface area contributed by atoms with Crippen LogP contribution in [0.2, 0.25) is 0 Å². The van der Waals surface area contributed by atoms with Gasteiger partial charge in [0, 0.05) is 24.3 Å². The molecule has 2 saturated carbocycles. The average molecular weight is 395 g/mol. The average Bonchev–Trinajstić information content (AvgIpc) is 3.00. The molecular formula is C22H34O6. The zero-order valence-electron chi connectivity index (χ0n) is 17.7. The Morgan fingerprint density at radius 2 is 2.04 bits per heavy atom. The summed E-state index contributed by atoms with van der Waals surface area (Å²) in [6.07, 6.45) is 3.42. The summed E-state index contributed by atoms with van der Waals surface area (Å²) in [5, 5.41) is 23.2. The highest BCUT2D eigenvalue weighted by molar-refractivity contribution is 5.85. The van der Waals surface area contributed by atoms with Crippen molar-refractivity contribution in [1.82, 2.24) is 0 Å². The van der Waals surface area contributed by atoms with Gasteiger partial charge in [-0.1, -0.05) is 27.7 Å². The number of aliphatic hydroxyl groups is 2. The third-order valence-electron chi connectivity index (χ3n) is 7.81.